The van der Waals surface area contributed by atoms with Crippen LogP contribution in [0, 0.1) is 0 Å². The van der Waals surface area contributed by atoms with Crippen molar-refractivity contribution < 1.29 is 4.52 Å². The molecule has 3 heteroatoms. The van der Waals surface area contributed by atoms with Crippen LogP contribution < -0.4 is 0 Å². The van der Waals surface area contributed by atoms with Gasteiger partial charge in [0, 0.05) is 6.61 Å². The van der Waals surface area contributed by atoms with Crippen molar-refractivity contribution in [3.05, 3.63) is 0 Å². The summed E-state index contributed by atoms with van der Waals surface area (Å²) in [7, 11) is 0. The van der Waals surface area contributed by atoms with Gasteiger partial charge in [-0.05, 0) is 29.0 Å². The third kappa shape index (κ3) is 5.12. The van der Waals surface area contributed by atoms with Crippen LogP contribution in [0.1, 0.15) is 6.92 Å². The fourth-order valence-electron chi connectivity index (χ4n) is 0.0546. The first kappa shape index (κ1) is 6.12. The molecule has 0 aromatic heterocycles. The van der Waals surface area contributed by atoms with Gasteiger partial charge in [-0.25, -0.2) is 0 Å². The summed E-state index contributed by atoms with van der Waals surface area (Å²) in [5.41, 5.74) is 0. The van der Waals surface area contributed by atoms with Crippen molar-refractivity contribution in [1.82, 2.24) is 0 Å². The maximum Gasteiger partial charge on any atom is 0.0793 e. The molecular formula is C2H6IOP. The van der Waals surface area contributed by atoms with E-state index in [0.29, 0.717) is 6.45 Å². The number of hydrogen-bond donors (Lipinski definition) is 0. The molecule has 0 saturated heterocycles. The highest BCUT2D eigenvalue weighted by Crippen LogP contribution is 2.20. The molecule has 0 radical (unpaired) electrons. The van der Waals surface area contributed by atoms with E-state index in [2.05, 4.69) is 22.0 Å². The molecule has 0 heterocycles. The Labute approximate surface area is 46.8 Å². The zero-order valence-electron chi connectivity index (χ0n) is 2.99. The van der Waals surface area contributed by atoms with E-state index in [4.69, 9.17) is 4.52 Å². The molecule has 0 bridgehead atoms. The van der Waals surface area contributed by atoms with Gasteiger partial charge >= 0.3 is 0 Å². The minimum absolute atomic E-state index is 0.628. The molecule has 1 nitrogen and oxygen atoms in total. The Kier molecular flexibility index (Phi) is 6.27. The smallest absolute Gasteiger partial charge is 0.0793 e. The standard InChI is InChI=1S/C2H6IOP/c1-2-4-5-3/h5H,2H2,1H3. The third-order valence-electron chi connectivity index (χ3n) is 0.199. The summed E-state index contributed by atoms with van der Waals surface area (Å²) in [5, 5.41) is 0. The molecule has 0 aromatic rings. The monoisotopic (exact) mass is 204 g/mol. The van der Waals surface area contributed by atoms with Gasteiger partial charge in [-0.1, -0.05) is 0 Å². The predicted molar refractivity (Wildman–Crippen MR) is 34.0 cm³/mol. The van der Waals surface area contributed by atoms with Crippen LogP contribution in [-0.4, -0.2) is 6.61 Å². The molecule has 32 valence electrons. The van der Waals surface area contributed by atoms with Gasteiger partial charge in [-0.15, -0.1) is 0 Å². The van der Waals surface area contributed by atoms with Crippen LogP contribution in [0.3, 0.4) is 0 Å². The van der Waals surface area contributed by atoms with Gasteiger partial charge < -0.3 is 4.52 Å². The topological polar surface area (TPSA) is 9.23 Å². The quantitative estimate of drug-likeness (QED) is 0.493. The van der Waals surface area contributed by atoms with E-state index in [-0.39, 0.29) is 0 Å². The van der Waals surface area contributed by atoms with Crippen molar-refractivity contribution in [2.45, 2.75) is 6.92 Å². The molecule has 0 amide bonds. The first-order valence-corrected chi connectivity index (χ1v) is 5.41. The minimum Gasteiger partial charge on any atom is -0.352 e. The molecule has 0 rings (SSSR count). The van der Waals surface area contributed by atoms with Gasteiger partial charge in [0.1, 0.15) is 0 Å². The predicted octanol–water partition coefficient (Wildman–Crippen LogP) is 1.97. The second-order valence-corrected chi connectivity index (χ2v) is 2.27. The molecule has 0 saturated carbocycles. The highest BCUT2D eigenvalue weighted by molar-refractivity contribution is 14.2. The highest BCUT2D eigenvalue weighted by Gasteiger charge is 1.66. The van der Waals surface area contributed by atoms with Crippen LogP contribution in [0.15, 0.2) is 0 Å². The number of halogens is 1. The molecule has 0 spiro atoms. The van der Waals surface area contributed by atoms with E-state index in [9.17, 15) is 0 Å². The van der Waals surface area contributed by atoms with Crippen LogP contribution in [0.25, 0.3) is 0 Å². The lowest BCUT2D eigenvalue weighted by Crippen LogP contribution is -1.65. The van der Waals surface area contributed by atoms with Crippen molar-refractivity contribution in [3.63, 3.8) is 0 Å². The van der Waals surface area contributed by atoms with Crippen LogP contribution in [0.5, 0.6) is 0 Å². The fourth-order valence-corrected chi connectivity index (χ4v) is 1.10. The summed E-state index contributed by atoms with van der Waals surface area (Å²) in [6.07, 6.45) is 0. The molecular weight excluding hydrogens is 198 g/mol. The molecule has 0 aliphatic heterocycles. The van der Waals surface area contributed by atoms with Crippen molar-refractivity contribution in [3.8, 4) is 0 Å². The Morgan fingerprint density at radius 2 is 2.60 bits per heavy atom. The van der Waals surface area contributed by atoms with Crippen molar-refractivity contribution in [2.24, 2.45) is 0 Å². The summed E-state index contributed by atoms with van der Waals surface area (Å²) in [5.74, 6) is 0. The van der Waals surface area contributed by atoms with Gasteiger partial charge in [0.05, 0.1) is 6.45 Å². The third-order valence-corrected chi connectivity index (χ3v) is 1.53. The van der Waals surface area contributed by atoms with E-state index in [1.54, 1.807) is 0 Å². The molecule has 0 N–H and O–H groups in total. The Morgan fingerprint density at radius 3 is 2.60 bits per heavy atom. The first-order valence-electron chi connectivity index (χ1n) is 1.39. The lowest BCUT2D eigenvalue weighted by atomic mass is 10.9. The minimum atomic E-state index is 0.628. The van der Waals surface area contributed by atoms with Crippen LogP contribution in [0.2, 0.25) is 0 Å². The zero-order chi connectivity index (χ0) is 4.12. The van der Waals surface area contributed by atoms with Gasteiger partial charge in [0.25, 0.3) is 0 Å². The summed E-state index contributed by atoms with van der Waals surface area (Å²) in [6.45, 7) is 3.47. The van der Waals surface area contributed by atoms with Crippen molar-refractivity contribution in [2.75, 3.05) is 6.61 Å². The summed E-state index contributed by atoms with van der Waals surface area (Å²) < 4.78 is 4.85. The molecule has 0 aliphatic carbocycles. The van der Waals surface area contributed by atoms with E-state index in [1.807, 2.05) is 6.92 Å². The Bertz CT molecular complexity index is 17.1. The average molecular weight is 204 g/mol. The van der Waals surface area contributed by atoms with Crippen molar-refractivity contribution >= 4 is 28.5 Å². The lowest BCUT2D eigenvalue weighted by molar-refractivity contribution is 0.398. The van der Waals surface area contributed by atoms with E-state index in [0.717, 1.165) is 6.61 Å². The second-order valence-electron chi connectivity index (χ2n) is 0.510. The van der Waals surface area contributed by atoms with Gasteiger partial charge in [0.15, 0.2) is 0 Å². The summed E-state index contributed by atoms with van der Waals surface area (Å²) in [4.78, 5) is 0. The molecule has 5 heavy (non-hydrogen) atoms. The average Bonchev–Trinajstić information content (AvgIpc) is 1.41. The van der Waals surface area contributed by atoms with Crippen LogP contribution >= 0.6 is 28.5 Å². The first-order chi connectivity index (χ1) is 2.41. The largest absolute Gasteiger partial charge is 0.352 e. The molecule has 1 atom stereocenters. The van der Waals surface area contributed by atoms with Gasteiger partial charge in [-0.2, -0.15) is 0 Å². The molecule has 1 unspecified atom stereocenters. The fraction of sp³-hybridized carbons (Fsp3) is 1.00. The van der Waals surface area contributed by atoms with Gasteiger partial charge in [-0.3, -0.25) is 0 Å². The lowest BCUT2D eigenvalue weighted by Gasteiger charge is -1.84. The SMILES string of the molecule is CCOPI. The summed E-state index contributed by atoms with van der Waals surface area (Å²) in [6, 6.07) is 0. The Hall–Kier alpha value is 1.12. The molecule has 0 fully saturated rings. The number of rotatable bonds is 2. The van der Waals surface area contributed by atoms with E-state index >= 15 is 0 Å². The zero-order valence-corrected chi connectivity index (χ0v) is 6.15. The van der Waals surface area contributed by atoms with E-state index < -0.39 is 0 Å². The van der Waals surface area contributed by atoms with Crippen LogP contribution in [0.4, 0.5) is 0 Å². The number of hydrogen-bond acceptors (Lipinski definition) is 1. The Balaban J connectivity index is 2.19. The van der Waals surface area contributed by atoms with Crippen molar-refractivity contribution in [1.29, 1.82) is 0 Å². The maximum absolute atomic E-state index is 4.85. The molecule has 0 aromatic carbocycles. The van der Waals surface area contributed by atoms with Gasteiger partial charge in [0.2, 0.25) is 0 Å². The molecule has 0 aliphatic rings. The van der Waals surface area contributed by atoms with E-state index in [1.165, 1.54) is 0 Å². The van der Waals surface area contributed by atoms with Crippen LogP contribution in [-0.2, 0) is 4.52 Å². The normalized spacial score (nSPS) is 10.8. The maximum atomic E-state index is 4.85. The summed E-state index contributed by atoms with van der Waals surface area (Å²) >= 11 is 2.19. The second kappa shape index (κ2) is 5.12. The Morgan fingerprint density at radius 1 is 2.00 bits per heavy atom. The highest BCUT2D eigenvalue weighted by atomic mass is 127.